The van der Waals surface area contributed by atoms with Gasteiger partial charge in [-0.2, -0.15) is 0 Å². The highest BCUT2D eigenvalue weighted by Crippen LogP contribution is 2.17. The molecule has 11 heavy (non-hydrogen) atoms. The zero-order valence-corrected chi connectivity index (χ0v) is 7.27. The Balaban J connectivity index is 3.20. The van der Waals surface area contributed by atoms with Gasteiger partial charge in [0.25, 0.3) is 0 Å². The van der Waals surface area contributed by atoms with Crippen LogP contribution in [-0.4, -0.2) is 11.1 Å². The molecule has 1 aromatic rings. The number of carbonyl (C=O) groups is 1. The number of carboxylic acid groups (broad SMARTS) is 1. The standard InChI is InChI=1S/C7H6O2S2/c8-7(9)5-2-1-4(10)3-6(5)11/h1-3,10-11H,(H,8,9). The molecule has 0 saturated carbocycles. The van der Waals surface area contributed by atoms with Crippen LogP contribution in [0.4, 0.5) is 0 Å². The van der Waals surface area contributed by atoms with Gasteiger partial charge in [0.15, 0.2) is 0 Å². The summed E-state index contributed by atoms with van der Waals surface area (Å²) < 4.78 is 0. The summed E-state index contributed by atoms with van der Waals surface area (Å²) in [6.07, 6.45) is 0. The van der Waals surface area contributed by atoms with Crippen LogP contribution in [-0.2, 0) is 0 Å². The highest BCUT2D eigenvalue weighted by Gasteiger charge is 2.05. The van der Waals surface area contributed by atoms with E-state index in [2.05, 4.69) is 25.3 Å². The Labute approximate surface area is 75.1 Å². The van der Waals surface area contributed by atoms with E-state index in [0.29, 0.717) is 9.79 Å². The largest absolute Gasteiger partial charge is 0.478 e. The van der Waals surface area contributed by atoms with Crippen molar-refractivity contribution in [3.05, 3.63) is 23.8 Å². The number of hydrogen-bond acceptors (Lipinski definition) is 3. The van der Waals surface area contributed by atoms with Crippen LogP contribution in [0.1, 0.15) is 10.4 Å². The summed E-state index contributed by atoms with van der Waals surface area (Å²) in [6, 6.07) is 4.69. The van der Waals surface area contributed by atoms with Crippen LogP contribution in [0.15, 0.2) is 28.0 Å². The average molecular weight is 186 g/mol. The van der Waals surface area contributed by atoms with Crippen LogP contribution < -0.4 is 0 Å². The maximum Gasteiger partial charge on any atom is 0.336 e. The Morgan fingerprint density at radius 3 is 2.45 bits per heavy atom. The molecule has 1 N–H and O–H groups in total. The molecule has 0 aromatic heterocycles. The molecule has 0 aliphatic rings. The number of thiol groups is 2. The third-order valence-electron chi connectivity index (χ3n) is 1.21. The van der Waals surface area contributed by atoms with E-state index in [9.17, 15) is 4.79 Å². The molecule has 0 aliphatic heterocycles. The fourth-order valence-electron chi connectivity index (χ4n) is 0.701. The minimum absolute atomic E-state index is 0.200. The molecule has 0 amide bonds. The van der Waals surface area contributed by atoms with Gasteiger partial charge in [-0.25, -0.2) is 4.79 Å². The second-order valence-corrected chi connectivity index (χ2v) is 3.00. The normalized spacial score (nSPS) is 9.64. The second kappa shape index (κ2) is 3.19. The fourth-order valence-corrected chi connectivity index (χ4v) is 1.32. The number of hydrogen-bond donors (Lipinski definition) is 3. The number of carboxylic acids is 1. The Hall–Kier alpha value is -0.610. The van der Waals surface area contributed by atoms with Crippen molar-refractivity contribution in [3.8, 4) is 0 Å². The maximum absolute atomic E-state index is 10.5. The molecule has 0 aliphatic carbocycles. The topological polar surface area (TPSA) is 37.3 Å². The number of benzene rings is 1. The molecule has 0 atom stereocenters. The van der Waals surface area contributed by atoms with Crippen LogP contribution in [0.3, 0.4) is 0 Å². The van der Waals surface area contributed by atoms with Crippen molar-refractivity contribution >= 4 is 31.2 Å². The summed E-state index contributed by atoms with van der Waals surface area (Å²) >= 11 is 8.01. The van der Waals surface area contributed by atoms with E-state index < -0.39 is 5.97 Å². The predicted molar refractivity (Wildman–Crippen MR) is 47.9 cm³/mol. The van der Waals surface area contributed by atoms with E-state index in [-0.39, 0.29) is 5.56 Å². The van der Waals surface area contributed by atoms with Crippen LogP contribution in [0.2, 0.25) is 0 Å². The molecule has 0 saturated heterocycles. The van der Waals surface area contributed by atoms with E-state index in [0.717, 1.165) is 0 Å². The summed E-state index contributed by atoms with van der Waals surface area (Å²) in [5.41, 5.74) is 0.200. The van der Waals surface area contributed by atoms with Crippen LogP contribution in [0.5, 0.6) is 0 Å². The number of aromatic carboxylic acids is 1. The Kier molecular flexibility index (Phi) is 2.46. The molecule has 58 valence electrons. The first kappa shape index (κ1) is 8.49. The minimum Gasteiger partial charge on any atom is -0.478 e. The van der Waals surface area contributed by atoms with Gasteiger partial charge in [0.1, 0.15) is 0 Å². The molecule has 1 aromatic carbocycles. The van der Waals surface area contributed by atoms with Crippen LogP contribution >= 0.6 is 25.3 Å². The maximum atomic E-state index is 10.5. The minimum atomic E-state index is -0.969. The third kappa shape index (κ3) is 1.91. The molecule has 0 unspecified atom stereocenters. The van der Waals surface area contributed by atoms with Crippen molar-refractivity contribution in [2.45, 2.75) is 9.79 Å². The van der Waals surface area contributed by atoms with Gasteiger partial charge in [0.05, 0.1) is 5.56 Å². The Bertz CT molecular complexity index is 296. The summed E-state index contributed by atoms with van der Waals surface area (Å²) in [6.45, 7) is 0. The van der Waals surface area contributed by atoms with E-state index in [1.165, 1.54) is 6.07 Å². The quantitative estimate of drug-likeness (QED) is 0.586. The lowest BCUT2D eigenvalue weighted by Crippen LogP contribution is -1.96. The highest BCUT2D eigenvalue weighted by molar-refractivity contribution is 7.81. The van der Waals surface area contributed by atoms with E-state index >= 15 is 0 Å². The summed E-state index contributed by atoms with van der Waals surface area (Å²) in [5, 5.41) is 8.58. The highest BCUT2D eigenvalue weighted by atomic mass is 32.1. The molecule has 0 bridgehead atoms. The van der Waals surface area contributed by atoms with Gasteiger partial charge < -0.3 is 5.11 Å². The lowest BCUT2D eigenvalue weighted by Gasteiger charge is -1.98. The Morgan fingerprint density at radius 2 is 2.00 bits per heavy atom. The van der Waals surface area contributed by atoms with Crippen molar-refractivity contribution in [1.29, 1.82) is 0 Å². The molecular weight excluding hydrogens is 180 g/mol. The average Bonchev–Trinajstić information content (AvgIpc) is 1.85. The lowest BCUT2D eigenvalue weighted by atomic mass is 10.2. The van der Waals surface area contributed by atoms with Crippen LogP contribution in [0.25, 0.3) is 0 Å². The van der Waals surface area contributed by atoms with Crippen molar-refractivity contribution in [2.24, 2.45) is 0 Å². The van der Waals surface area contributed by atoms with Crippen molar-refractivity contribution in [2.75, 3.05) is 0 Å². The SMILES string of the molecule is O=C(O)c1ccc(S)cc1S. The van der Waals surface area contributed by atoms with Crippen molar-refractivity contribution in [3.63, 3.8) is 0 Å². The molecule has 0 radical (unpaired) electrons. The monoisotopic (exact) mass is 186 g/mol. The van der Waals surface area contributed by atoms with E-state index in [4.69, 9.17) is 5.11 Å². The molecule has 0 spiro atoms. The number of rotatable bonds is 1. The molecular formula is C7H6O2S2. The molecule has 4 heteroatoms. The zero-order chi connectivity index (χ0) is 8.43. The van der Waals surface area contributed by atoms with Gasteiger partial charge in [0, 0.05) is 9.79 Å². The zero-order valence-electron chi connectivity index (χ0n) is 5.48. The van der Waals surface area contributed by atoms with Gasteiger partial charge in [0.2, 0.25) is 0 Å². The first-order valence-corrected chi connectivity index (χ1v) is 3.76. The molecule has 2 nitrogen and oxygen atoms in total. The first-order valence-electron chi connectivity index (χ1n) is 2.86. The lowest BCUT2D eigenvalue weighted by molar-refractivity contribution is 0.0693. The van der Waals surface area contributed by atoms with Gasteiger partial charge >= 0.3 is 5.97 Å². The fraction of sp³-hybridized carbons (Fsp3) is 0. The summed E-state index contributed by atoms with van der Waals surface area (Å²) in [5.74, 6) is -0.969. The smallest absolute Gasteiger partial charge is 0.336 e. The molecule has 0 fully saturated rings. The Morgan fingerprint density at radius 1 is 1.36 bits per heavy atom. The predicted octanol–water partition coefficient (Wildman–Crippen LogP) is 1.96. The van der Waals surface area contributed by atoms with Gasteiger partial charge in [-0.05, 0) is 18.2 Å². The van der Waals surface area contributed by atoms with Crippen LogP contribution in [0, 0.1) is 0 Å². The van der Waals surface area contributed by atoms with Crippen molar-refractivity contribution in [1.82, 2.24) is 0 Å². The van der Waals surface area contributed by atoms with E-state index in [1.807, 2.05) is 0 Å². The first-order chi connectivity index (χ1) is 5.11. The van der Waals surface area contributed by atoms with Gasteiger partial charge in [-0.3, -0.25) is 0 Å². The molecule has 1 rings (SSSR count). The third-order valence-corrected chi connectivity index (χ3v) is 1.86. The van der Waals surface area contributed by atoms with E-state index in [1.54, 1.807) is 12.1 Å². The summed E-state index contributed by atoms with van der Waals surface area (Å²) in [4.78, 5) is 11.6. The van der Waals surface area contributed by atoms with Gasteiger partial charge in [-0.15, -0.1) is 25.3 Å². The van der Waals surface area contributed by atoms with Gasteiger partial charge in [-0.1, -0.05) is 0 Å². The van der Waals surface area contributed by atoms with Crippen molar-refractivity contribution < 1.29 is 9.90 Å². The molecule has 0 heterocycles. The summed E-state index contributed by atoms with van der Waals surface area (Å²) in [7, 11) is 0. The second-order valence-electron chi connectivity index (χ2n) is 2.01.